The molecule has 1 amide bonds. The average molecular weight is 452 g/mol. The molecule has 168 valence electrons. The molecule has 10 heteroatoms. The maximum Gasteiger partial charge on any atom is 0.278 e. The predicted octanol–water partition coefficient (Wildman–Crippen LogP) is 2.32. The summed E-state index contributed by atoms with van der Waals surface area (Å²) in [6.07, 6.45) is 6.25. The second-order valence-corrected chi connectivity index (χ2v) is 7.57. The Kier molecular flexibility index (Phi) is 5.04. The number of ether oxygens (including phenoxy) is 1. The second kappa shape index (κ2) is 8.05. The highest BCUT2D eigenvalue weighted by Crippen LogP contribution is 2.37. The van der Waals surface area contributed by atoms with E-state index in [0.717, 1.165) is 18.2 Å². The fourth-order valence-electron chi connectivity index (χ4n) is 4.03. The number of carbonyl (C=O) groups excluding carboxylic acids is 1. The Morgan fingerprint density at radius 2 is 1.91 bits per heavy atom. The first kappa shape index (κ1) is 20.7. The van der Waals surface area contributed by atoms with Crippen LogP contribution in [0, 0.1) is 11.6 Å². The lowest BCUT2D eigenvalue weighted by atomic mass is 10.0. The van der Waals surface area contributed by atoms with E-state index in [0.29, 0.717) is 5.69 Å². The summed E-state index contributed by atoms with van der Waals surface area (Å²) in [4.78, 5) is 31.1. The Labute approximate surface area is 186 Å². The smallest absolute Gasteiger partial charge is 0.278 e. The number of rotatable bonds is 1. The number of halogens is 2. The average Bonchev–Trinajstić information content (AvgIpc) is 2.84. The monoisotopic (exact) mass is 452 g/mol. The van der Waals surface area contributed by atoms with E-state index in [1.807, 2.05) is 0 Å². The van der Waals surface area contributed by atoms with E-state index in [2.05, 4.69) is 4.98 Å². The van der Waals surface area contributed by atoms with Crippen LogP contribution in [-0.2, 0) is 0 Å². The van der Waals surface area contributed by atoms with Gasteiger partial charge in [0.1, 0.15) is 25.1 Å². The summed E-state index contributed by atoms with van der Waals surface area (Å²) >= 11 is 0. The Morgan fingerprint density at radius 3 is 2.70 bits per heavy atom. The molecule has 2 aromatic heterocycles. The fourth-order valence-corrected chi connectivity index (χ4v) is 4.03. The molecular formula is C23H18F2N4O4. The third-order valence-corrected chi connectivity index (χ3v) is 5.58. The summed E-state index contributed by atoms with van der Waals surface area (Å²) in [6.45, 7) is 0.235. The molecule has 2 aliphatic rings. The number of aromatic hydroxyl groups is 1. The van der Waals surface area contributed by atoms with Crippen molar-refractivity contribution in [2.45, 2.75) is 6.04 Å². The van der Waals surface area contributed by atoms with Gasteiger partial charge in [0.15, 0.2) is 23.1 Å². The van der Waals surface area contributed by atoms with Crippen LogP contribution in [0.5, 0.6) is 11.5 Å². The number of pyridine rings is 2. The van der Waals surface area contributed by atoms with Crippen LogP contribution in [0.15, 0.2) is 65.7 Å². The van der Waals surface area contributed by atoms with E-state index < -0.39 is 34.8 Å². The van der Waals surface area contributed by atoms with Crippen molar-refractivity contribution >= 4 is 5.91 Å². The molecule has 0 spiro atoms. The molecule has 8 nitrogen and oxygen atoms in total. The lowest BCUT2D eigenvalue weighted by Gasteiger charge is -2.43. The molecule has 0 saturated carbocycles. The summed E-state index contributed by atoms with van der Waals surface area (Å²) in [5.41, 5.74) is -0.213. The van der Waals surface area contributed by atoms with E-state index in [1.54, 1.807) is 41.6 Å². The maximum absolute atomic E-state index is 14.5. The number of benzene rings is 1. The molecule has 0 unspecified atom stereocenters. The van der Waals surface area contributed by atoms with Crippen LogP contribution in [0.25, 0.3) is 0 Å². The summed E-state index contributed by atoms with van der Waals surface area (Å²) in [6, 6.07) is 7.44. The van der Waals surface area contributed by atoms with Crippen molar-refractivity contribution in [3.63, 3.8) is 0 Å². The predicted molar refractivity (Wildman–Crippen MR) is 114 cm³/mol. The standard InChI is InChI=1S/C23H18F2N4O4/c24-15-11-14-19(12-16(15)25)33-10-4-3-8-27-13-29(20(14)17-5-1-2-7-26-17)28-9-6-18(30)22(31)21(28)23(27)32/h1-7,9,11-12,20,31H,8,10,13H2/b4-3-/t20-/m0/s1. The van der Waals surface area contributed by atoms with E-state index >= 15 is 0 Å². The van der Waals surface area contributed by atoms with Crippen LogP contribution in [0.3, 0.4) is 0 Å². The van der Waals surface area contributed by atoms with Crippen LogP contribution in [0.2, 0.25) is 0 Å². The number of amides is 1. The number of hydrogen-bond acceptors (Lipinski definition) is 6. The van der Waals surface area contributed by atoms with Crippen LogP contribution >= 0.6 is 0 Å². The summed E-state index contributed by atoms with van der Waals surface area (Å²) in [5, 5.41) is 12.1. The molecule has 0 saturated heterocycles. The lowest BCUT2D eigenvalue weighted by Crippen LogP contribution is -2.55. The Bertz CT molecular complexity index is 1330. The highest BCUT2D eigenvalue weighted by molar-refractivity contribution is 5.96. The van der Waals surface area contributed by atoms with Gasteiger partial charge in [-0.2, -0.15) is 0 Å². The van der Waals surface area contributed by atoms with Gasteiger partial charge < -0.3 is 14.7 Å². The molecule has 0 radical (unpaired) electrons. The highest BCUT2D eigenvalue weighted by Gasteiger charge is 2.38. The summed E-state index contributed by atoms with van der Waals surface area (Å²) < 4.78 is 35.7. The summed E-state index contributed by atoms with van der Waals surface area (Å²) in [5.74, 6) is -3.28. The lowest BCUT2D eigenvalue weighted by molar-refractivity contribution is 0.0701. The van der Waals surface area contributed by atoms with Gasteiger partial charge in [0, 0.05) is 36.6 Å². The van der Waals surface area contributed by atoms with Gasteiger partial charge in [-0.15, -0.1) is 0 Å². The minimum atomic E-state index is -1.07. The van der Waals surface area contributed by atoms with Gasteiger partial charge in [0.05, 0.1) is 5.69 Å². The van der Waals surface area contributed by atoms with E-state index in [4.69, 9.17) is 4.74 Å². The zero-order chi connectivity index (χ0) is 23.1. The maximum atomic E-state index is 14.5. The molecule has 1 N–H and O–H groups in total. The van der Waals surface area contributed by atoms with Crippen LogP contribution < -0.4 is 15.2 Å². The molecule has 4 heterocycles. The largest absolute Gasteiger partial charge is 0.502 e. The van der Waals surface area contributed by atoms with Crippen LogP contribution in [0.4, 0.5) is 8.78 Å². The number of aromatic nitrogens is 2. The van der Waals surface area contributed by atoms with Gasteiger partial charge in [0.25, 0.3) is 5.91 Å². The van der Waals surface area contributed by atoms with Crippen molar-refractivity contribution in [2.75, 3.05) is 24.8 Å². The molecule has 2 aliphatic heterocycles. The van der Waals surface area contributed by atoms with Crippen LogP contribution in [-0.4, -0.2) is 45.4 Å². The first-order valence-electron chi connectivity index (χ1n) is 10.1. The van der Waals surface area contributed by atoms with Crippen molar-refractivity contribution in [1.29, 1.82) is 0 Å². The van der Waals surface area contributed by atoms with Crippen molar-refractivity contribution in [3.8, 4) is 11.5 Å². The number of hydrogen-bond donors (Lipinski definition) is 1. The third kappa shape index (κ3) is 3.49. The van der Waals surface area contributed by atoms with Crippen molar-refractivity contribution in [3.05, 3.63) is 99.8 Å². The number of carbonyl (C=O) groups is 1. The molecule has 0 fully saturated rings. The zero-order valence-electron chi connectivity index (χ0n) is 17.2. The first-order chi connectivity index (χ1) is 16.0. The van der Waals surface area contributed by atoms with Gasteiger partial charge in [-0.3, -0.25) is 24.3 Å². The van der Waals surface area contributed by atoms with Crippen molar-refractivity contribution in [2.24, 2.45) is 0 Å². The van der Waals surface area contributed by atoms with Crippen molar-refractivity contribution in [1.82, 2.24) is 14.6 Å². The Hall–Kier alpha value is -4.21. The molecule has 1 aromatic carbocycles. The van der Waals surface area contributed by atoms with E-state index in [9.17, 15) is 23.5 Å². The van der Waals surface area contributed by atoms with Gasteiger partial charge in [-0.1, -0.05) is 12.1 Å². The Morgan fingerprint density at radius 1 is 1.09 bits per heavy atom. The first-order valence-corrected chi connectivity index (χ1v) is 10.1. The topological polar surface area (TPSA) is 87.9 Å². The third-order valence-electron chi connectivity index (χ3n) is 5.58. The van der Waals surface area contributed by atoms with Gasteiger partial charge >= 0.3 is 0 Å². The molecular weight excluding hydrogens is 434 g/mol. The quantitative estimate of drug-likeness (QED) is 0.571. The molecule has 0 aliphatic carbocycles. The number of nitrogens with zero attached hydrogens (tertiary/aromatic N) is 4. The SMILES string of the molecule is O=C1c2c(O)c(=O)ccn2N2CN1C/C=C\COc1cc(F)c(F)cc1[C@H]2c1ccccn1. The fraction of sp³-hybridized carbons (Fsp3) is 0.174. The normalized spacial score (nSPS) is 18.6. The van der Waals surface area contributed by atoms with E-state index in [1.165, 1.54) is 15.8 Å². The highest BCUT2D eigenvalue weighted by atomic mass is 19.2. The van der Waals surface area contributed by atoms with Crippen LogP contribution in [0.1, 0.15) is 27.8 Å². The van der Waals surface area contributed by atoms with E-state index in [-0.39, 0.29) is 36.8 Å². The van der Waals surface area contributed by atoms with Gasteiger partial charge in [-0.05, 0) is 24.3 Å². The molecule has 2 bridgehead atoms. The molecule has 1 atom stereocenters. The molecule has 5 rings (SSSR count). The molecule has 3 aromatic rings. The molecule has 33 heavy (non-hydrogen) atoms. The minimum absolute atomic E-state index is 0.0121. The summed E-state index contributed by atoms with van der Waals surface area (Å²) in [7, 11) is 0. The number of fused-ring (bicyclic) bond motifs is 5. The van der Waals surface area contributed by atoms with Crippen molar-refractivity contribution < 1.29 is 23.4 Å². The van der Waals surface area contributed by atoms with Gasteiger partial charge in [-0.25, -0.2) is 8.78 Å². The van der Waals surface area contributed by atoms with Gasteiger partial charge in [0.2, 0.25) is 5.43 Å². The second-order valence-electron chi connectivity index (χ2n) is 7.57. The Balaban J connectivity index is 1.82. The zero-order valence-corrected chi connectivity index (χ0v) is 17.2. The minimum Gasteiger partial charge on any atom is -0.502 e.